The molecule has 0 aliphatic rings. The number of unbranched alkanes of at least 4 members (excludes halogenated alkanes) is 22. The Bertz CT molecular complexity index is 1320. The molecule has 0 heterocycles. The van der Waals surface area contributed by atoms with Gasteiger partial charge in [-0.3, -0.25) is 37.3 Å². The van der Waals surface area contributed by atoms with E-state index in [1.807, 2.05) is 0 Å². The van der Waals surface area contributed by atoms with Crippen LogP contribution in [0.25, 0.3) is 0 Å². The van der Waals surface area contributed by atoms with Gasteiger partial charge in [-0.05, 0) is 25.7 Å². The molecule has 0 amide bonds. The first-order valence-electron chi connectivity index (χ1n) is 25.3. The molecule has 0 radical (unpaired) electrons. The molecule has 0 fully saturated rings. The third-order valence-corrected chi connectivity index (χ3v) is 12.5. The summed E-state index contributed by atoms with van der Waals surface area (Å²) >= 11 is 0. The molecule has 0 aromatic carbocycles. The topological polar surface area (TPSA) is 237 Å². The van der Waals surface area contributed by atoms with E-state index < -0.39 is 97.5 Å². The van der Waals surface area contributed by atoms with Crippen LogP contribution in [-0.2, 0) is 65.4 Å². The van der Waals surface area contributed by atoms with Gasteiger partial charge in [0, 0.05) is 25.7 Å². The maximum Gasteiger partial charge on any atom is 0.472 e. The Kier molecular flexibility index (Phi) is 41.8. The lowest BCUT2D eigenvalue weighted by atomic mass is 10.1. The van der Waals surface area contributed by atoms with Crippen molar-refractivity contribution in [3.63, 3.8) is 0 Å². The monoisotopic (exact) mass is 989 g/mol. The minimum atomic E-state index is -4.92. The summed E-state index contributed by atoms with van der Waals surface area (Å²) in [6.07, 6.45) is 22.0. The highest BCUT2D eigenvalue weighted by Gasteiger charge is 2.30. The van der Waals surface area contributed by atoms with Crippen LogP contribution >= 0.6 is 15.6 Å². The second-order valence-electron chi connectivity index (χ2n) is 17.1. The van der Waals surface area contributed by atoms with E-state index in [4.69, 9.17) is 37.0 Å². The summed E-state index contributed by atoms with van der Waals surface area (Å²) in [4.78, 5) is 70.7. The Morgan fingerprint density at radius 2 is 0.606 bits per heavy atom. The standard InChI is InChI=1S/C47H90O17P2/c1-5-9-13-17-19-21-25-28-32-45(50)58-38-43(64-47(52)34-30-26-22-20-18-14-10-6-2)40-62-66(55,56)60-36-41(48)35-59-65(53,54)61-39-42(63-46(51)33-29-24-16-12-8-4)37-57-44(49)31-27-23-15-11-7-3/h41-43,48H,5-40H2,1-4H3,(H,53,54)(H,55,56)/t41-,42+,43+/m0/s1. The van der Waals surface area contributed by atoms with Gasteiger partial charge in [-0.15, -0.1) is 0 Å². The normalized spacial score (nSPS) is 14.7. The fraction of sp³-hybridized carbons (Fsp3) is 0.915. The molecule has 0 aromatic heterocycles. The zero-order valence-corrected chi connectivity index (χ0v) is 42.9. The molecule has 19 heteroatoms. The van der Waals surface area contributed by atoms with Crippen LogP contribution in [0.4, 0.5) is 0 Å². The number of phosphoric acid groups is 2. The summed E-state index contributed by atoms with van der Waals surface area (Å²) in [7, 11) is -9.82. The maximum absolute atomic E-state index is 12.8. The summed E-state index contributed by atoms with van der Waals surface area (Å²) in [5.41, 5.74) is 0. The van der Waals surface area contributed by atoms with E-state index >= 15 is 0 Å². The smallest absolute Gasteiger partial charge is 0.462 e. The highest BCUT2D eigenvalue weighted by atomic mass is 31.2. The van der Waals surface area contributed by atoms with Gasteiger partial charge < -0.3 is 33.8 Å². The van der Waals surface area contributed by atoms with Crippen LogP contribution in [0.5, 0.6) is 0 Å². The van der Waals surface area contributed by atoms with E-state index in [2.05, 4.69) is 27.7 Å². The minimum absolute atomic E-state index is 0.0987. The van der Waals surface area contributed by atoms with Gasteiger partial charge in [-0.1, -0.05) is 169 Å². The van der Waals surface area contributed by atoms with Gasteiger partial charge in [-0.25, -0.2) is 9.13 Å². The Hall–Kier alpha value is -1.94. The van der Waals surface area contributed by atoms with Gasteiger partial charge >= 0.3 is 39.5 Å². The van der Waals surface area contributed by atoms with Crippen LogP contribution in [0.1, 0.15) is 220 Å². The lowest BCUT2D eigenvalue weighted by molar-refractivity contribution is -0.161. The molecule has 5 atom stereocenters. The maximum atomic E-state index is 12.8. The van der Waals surface area contributed by atoms with Gasteiger partial charge in [0.25, 0.3) is 0 Å². The van der Waals surface area contributed by atoms with Crippen molar-refractivity contribution in [2.45, 2.75) is 239 Å². The Morgan fingerprint density at radius 3 is 0.894 bits per heavy atom. The molecule has 0 bridgehead atoms. The van der Waals surface area contributed by atoms with Crippen LogP contribution in [0, 0.1) is 0 Å². The number of esters is 4. The van der Waals surface area contributed by atoms with E-state index in [9.17, 15) is 43.2 Å². The van der Waals surface area contributed by atoms with E-state index in [0.29, 0.717) is 25.7 Å². The summed E-state index contributed by atoms with van der Waals surface area (Å²) in [5, 5.41) is 10.4. The molecule has 390 valence electrons. The highest BCUT2D eigenvalue weighted by Crippen LogP contribution is 2.45. The van der Waals surface area contributed by atoms with Crippen LogP contribution in [0.15, 0.2) is 0 Å². The van der Waals surface area contributed by atoms with Gasteiger partial charge in [0.05, 0.1) is 26.4 Å². The molecule has 0 aliphatic carbocycles. The van der Waals surface area contributed by atoms with Crippen molar-refractivity contribution in [2.24, 2.45) is 0 Å². The van der Waals surface area contributed by atoms with Crippen molar-refractivity contribution >= 4 is 39.5 Å². The molecule has 3 N–H and O–H groups in total. The number of phosphoric ester groups is 2. The highest BCUT2D eigenvalue weighted by molar-refractivity contribution is 7.47. The lowest BCUT2D eigenvalue weighted by Gasteiger charge is -2.21. The Balaban J connectivity index is 5.14. The molecule has 0 aromatic rings. The Morgan fingerprint density at radius 1 is 0.364 bits per heavy atom. The number of hydrogen-bond acceptors (Lipinski definition) is 15. The van der Waals surface area contributed by atoms with Crippen LogP contribution in [0.2, 0.25) is 0 Å². The van der Waals surface area contributed by atoms with Crippen LogP contribution in [0.3, 0.4) is 0 Å². The van der Waals surface area contributed by atoms with Gasteiger partial charge in [0.15, 0.2) is 12.2 Å². The minimum Gasteiger partial charge on any atom is -0.462 e. The van der Waals surface area contributed by atoms with Gasteiger partial charge in [0.1, 0.15) is 19.3 Å². The van der Waals surface area contributed by atoms with Gasteiger partial charge in [0.2, 0.25) is 0 Å². The second kappa shape index (κ2) is 43.1. The van der Waals surface area contributed by atoms with E-state index in [-0.39, 0.29) is 25.7 Å². The summed E-state index contributed by atoms with van der Waals surface area (Å²) < 4.78 is 66.7. The van der Waals surface area contributed by atoms with Crippen molar-refractivity contribution in [3.8, 4) is 0 Å². The zero-order chi connectivity index (χ0) is 49.2. The first kappa shape index (κ1) is 64.1. The third kappa shape index (κ3) is 42.2. The van der Waals surface area contributed by atoms with Crippen molar-refractivity contribution in [1.82, 2.24) is 0 Å². The van der Waals surface area contributed by atoms with Crippen LogP contribution < -0.4 is 0 Å². The molecule has 2 unspecified atom stereocenters. The summed E-state index contributed by atoms with van der Waals surface area (Å²) in [5.74, 6) is -2.19. The molecular formula is C47H90O17P2. The number of carbonyl (C=O) groups excluding carboxylic acids is 4. The lowest BCUT2D eigenvalue weighted by Crippen LogP contribution is -2.30. The predicted molar refractivity (Wildman–Crippen MR) is 252 cm³/mol. The van der Waals surface area contributed by atoms with Crippen molar-refractivity contribution in [1.29, 1.82) is 0 Å². The van der Waals surface area contributed by atoms with Crippen LogP contribution in [-0.4, -0.2) is 96.7 Å². The fourth-order valence-electron chi connectivity index (χ4n) is 6.63. The number of carbonyl (C=O) groups is 4. The average Bonchev–Trinajstić information content (AvgIpc) is 3.28. The number of aliphatic hydroxyl groups is 1. The molecule has 0 rings (SSSR count). The van der Waals surface area contributed by atoms with E-state index in [0.717, 1.165) is 109 Å². The first-order valence-corrected chi connectivity index (χ1v) is 28.3. The molecule has 0 aliphatic heterocycles. The molecule has 0 spiro atoms. The van der Waals surface area contributed by atoms with E-state index in [1.165, 1.54) is 32.1 Å². The summed E-state index contributed by atoms with van der Waals surface area (Å²) in [6, 6.07) is 0. The van der Waals surface area contributed by atoms with Crippen molar-refractivity contribution in [2.75, 3.05) is 39.6 Å². The van der Waals surface area contributed by atoms with Crippen molar-refractivity contribution < 1.29 is 80.2 Å². The Labute approximate surface area is 397 Å². The molecular weight excluding hydrogens is 898 g/mol. The predicted octanol–water partition coefficient (Wildman–Crippen LogP) is 11.3. The van der Waals surface area contributed by atoms with Gasteiger partial charge in [-0.2, -0.15) is 0 Å². The first-order chi connectivity index (χ1) is 31.7. The molecule has 17 nitrogen and oxygen atoms in total. The second-order valence-corrected chi connectivity index (χ2v) is 20.0. The number of aliphatic hydroxyl groups excluding tert-OH is 1. The third-order valence-electron chi connectivity index (χ3n) is 10.6. The molecule has 66 heavy (non-hydrogen) atoms. The van der Waals surface area contributed by atoms with Crippen molar-refractivity contribution in [3.05, 3.63) is 0 Å². The van der Waals surface area contributed by atoms with E-state index in [1.54, 1.807) is 0 Å². The number of ether oxygens (including phenoxy) is 4. The fourth-order valence-corrected chi connectivity index (χ4v) is 8.21. The SMILES string of the molecule is CCCCCCCCCCC(=O)OC[C@H](COP(=O)(O)OC[C@@H](O)COP(=O)(O)OC[C@@H](COC(=O)CCCCCCC)OC(=O)CCCCCCC)OC(=O)CCCCCCCCCC. The molecule has 0 saturated carbocycles. The summed E-state index contributed by atoms with van der Waals surface area (Å²) in [6.45, 7) is 4.52. The quantitative estimate of drug-likeness (QED) is 0.0222. The largest absolute Gasteiger partial charge is 0.472 e. The zero-order valence-electron chi connectivity index (χ0n) is 41.1. The average molecular weight is 989 g/mol. The number of hydrogen-bond donors (Lipinski definition) is 3. The molecule has 0 saturated heterocycles. The number of rotatable bonds is 48.